The van der Waals surface area contributed by atoms with E-state index in [9.17, 15) is 18.0 Å². The molecule has 0 atom stereocenters. The van der Waals surface area contributed by atoms with Gasteiger partial charge in [-0.1, -0.05) is 31.0 Å². The number of Topliss-reactive ketones (excluding diaryl/α,β-unsaturated/α-hetero) is 1. The van der Waals surface area contributed by atoms with Crippen LogP contribution in [0.3, 0.4) is 0 Å². The standard InChI is InChI=1S/C15H18F3NO/c16-15(17,18)12-5-3-4-11(8-12)9-14(20)10-19-13-6-1-2-7-13/h3-5,8,13,19H,1-2,6-7,9-10H2. The van der Waals surface area contributed by atoms with Crippen molar-refractivity contribution in [1.29, 1.82) is 0 Å². The fourth-order valence-corrected chi connectivity index (χ4v) is 2.54. The summed E-state index contributed by atoms with van der Waals surface area (Å²) in [6, 6.07) is 5.36. The molecule has 0 aromatic heterocycles. The molecule has 0 radical (unpaired) electrons. The molecule has 2 rings (SSSR count). The van der Waals surface area contributed by atoms with Gasteiger partial charge in [0.1, 0.15) is 0 Å². The number of nitrogens with one attached hydrogen (secondary N) is 1. The normalized spacial score (nSPS) is 16.6. The van der Waals surface area contributed by atoms with Gasteiger partial charge in [0.05, 0.1) is 12.1 Å². The van der Waals surface area contributed by atoms with E-state index in [0.717, 1.165) is 25.0 Å². The molecule has 1 saturated carbocycles. The molecule has 0 saturated heterocycles. The number of benzene rings is 1. The first kappa shape index (κ1) is 15.0. The van der Waals surface area contributed by atoms with Gasteiger partial charge in [0.2, 0.25) is 0 Å². The average molecular weight is 285 g/mol. The molecule has 5 heteroatoms. The van der Waals surface area contributed by atoms with Gasteiger partial charge in [0, 0.05) is 12.5 Å². The number of carbonyl (C=O) groups excluding carboxylic acids is 1. The largest absolute Gasteiger partial charge is 0.416 e. The Labute approximate surface area is 116 Å². The van der Waals surface area contributed by atoms with Crippen molar-refractivity contribution in [2.75, 3.05) is 6.54 Å². The van der Waals surface area contributed by atoms with Crippen molar-refractivity contribution < 1.29 is 18.0 Å². The Balaban J connectivity index is 1.87. The zero-order valence-electron chi connectivity index (χ0n) is 11.2. The second kappa shape index (κ2) is 6.39. The first-order valence-electron chi connectivity index (χ1n) is 6.86. The molecule has 1 N–H and O–H groups in total. The Morgan fingerprint density at radius 3 is 2.60 bits per heavy atom. The van der Waals surface area contributed by atoms with E-state index in [-0.39, 0.29) is 18.7 Å². The van der Waals surface area contributed by atoms with Crippen LogP contribution in [0.4, 0.5) is 13.2 Å². The highest BCUT2D eigenvalue weighted by atomic mass is 19.4. The summed E-state index contributed by atoms with van der Waals surface area (Å²) in [6.45, 7) is 0.237. The molecule has 2 nitrogen and oxygen atoms in total. The number of hydrogen-bond donors (Lipinski definition) is 1. The van der Waals surface area contributed by atoms with E-state index in [0.29, 0.717) is 11.6 Å². The third-order valence-electron chi connectivity index (χ3n) is 3.60. The monoisotopic (exact) mass is 285 g/mol. The Hall–Kier alpha value is -1.36. The quantitative estimate of drug-likeness (QED) is 0.899. The van der Waals surface area contributed by atoms with Gasteiger partial charge >= 0.3 is 6.18 Å². The van der Waals surface area contributed by atoms with Crippen LogP contribution >= 0.6 is 0 Å². The van der Waals surface area contributed by atoms with Crippen molar-refractivity contribution in [1.82, 2.24) is 5.32 Å². The summed E-state index contributed by atoms with van der Waals surface area (Å²) in [4.78, 5) is 11.8. The highest BCUT2D eigenvalue weighted by Crippen LogP contribution is 2.29. The maximum absolute atomic E-state index is 12.6. The molecule has 1 aromatic rings. The summed E-state index contributed by atoms with van der Waals surface area (Å²) in [5, 5.41) is 3.17. The van der Waals surface area contributed by atoms with Crippen LogP contribution in [-0.4, -0.2) is 18.4 Å². The smallest absolute Gasteiger partial charge is 0.307 e. The van der Waals surface area contributed by atoms with Gasteiger partial charge < -0.3 is 5.32 Å². The lowest BCUT2D eigenvalue weighted by Gasteiger charge is -2.11. The van der Waals surface area contributed by atoms with Crippen LogP contribution < -0.4 is 5.32 Å². The lowest BCUT2D eigenvalue weighted by Crippen LogP contribution is -2.32. The second-order valence-corrected chi connectivity index (χ2v) is 5.28. The SMILES string of the molecule is O=C(CNC1CCCC1)Cc1cccc(C(F)(F)F)c1. The lowest BCUT2D eigenvalue weighted by molar-refractivity contribution is -0.137. The van der Waals surface area contributed by atoms with Crippen LogP contribution in [0.15, 0.2) is 24.3 Å². The molecule has 1 aromatic carbocycles. The first-order chi connectivity index (χ1) is 9.45. The molecule has 0 bridgehead atoms. The summed E-state index contributed by atoms with van der Waals surface area (Å²) < 4.78 is 37.7. The van der Waals surface area contributed by atoms with E-state index < -0.39 is 11.7 Å². The molecule has 0 heterocycles. The van der Waals surface area contributed by atoms with Crippen LogP contribution in [0.1, 0.15) is 36.8 Å². The molecule has 0 spiro atoms. The molecular formula is C15H18F3NO. The number of rotatable bonds is 5. The van der Waals surface area contributed by atoms with Gasteiger partial charge in [0.25, 0.3) is 0 Å². The van der Waals surface area contributed by atoms with Crippen molar-refractivity contribution >= 4 is 5.78 Å². The van der Waals surface area contributed by atoms with Crippen molar-refractivity contribution in [2.45, 2.75) is 44.3 Å². The zero-order chi connectivity index (χ0) is 14.6. The van der Waals surface area contributed by atoms with Crippen molar-refractivity contribution in [2.24, 2.45) is 0 Å². The van der Waals surface area contributed by atoms with E-state index in [1.165, 1.54) is 18.9 Å². The van der Waals surface area contributed by atoms with Crippen molar-refractivity contribution in [3.63, 3.8) is 0 Å². The summed E-state index contributed by atoms with van der Waals surface area (Å²) in [5.41, 5.74) is -0.287. The summed E-state index contributed by atoms with van der Waals surface area (Å²) in [7, 11) is 0. The lowest BCUT2D eigenvalue weighted by atomic mass is 10.1. The second-order valence-electron chi connectivity index (χ2n) is 5.28. The average Bonchev–Trinajstić information content (AvgIpc) is 2.89. The third-order valence-corrected chi connectivity index (χ3v) is 3.60. The van der Waals surface area contributed by atoms with E-state index in [2.05, 4.69) is 5.32 Å². The van der Waals surface area contributed by atoms with Crippen LogP contribution in [0, 0.1) is 0 Å². The number of hydrogen-bond acceptors (Lipinski definition) is 2. The van der Waals surface area contributed by atoms with E-state index in [4.69, 9.17) is 0 Å². The van der Waals surface area contributed by atoms with Gasteiger partial charge in [0.15, 0.2) is 5.78 Å². The zero-order valence-corrected chi connectivity index (χ0v) is 11.2. The fraction of sp³-hybridized carbons (Fsp3) is 0.533. The van der Waals surface area contributed by atoms with Crippen molar-refractivity contribution in [3.05, 3.63) is 35.4 Å². The Morgan fingerprint density at radius 2 is 1.95 bits per heavy atom. The molecule has 0 unspecified atom stereocenters. The van der Waals surface area contributed by atoms with Gasteiger partial charge in [-0.2, -0.15) is 13.2 Å². The van der Waals surface area contributed by atoms with Crippen LogP contribution in [0.5, 0.6) is 0 Å². The topological polar surface area (TPSA) is 29.1 Å². The molecule has 20 heavy (non-hydrogen) atoms. The number of halogens is 3. The predicted molar refractivity (Wildman–Crippen MR) is 70.4 cm³/mol. The van der Waals surface area contributed by atoms with Gasteiger partial charge in [-0.05, 0) is 24.5 Å². The van der Waals surface area contributed by atoms with Crippen molar-refractivity contribution in [3.8, 4) is 0 Å². The summed E-state index contributed by atoms with van der Waals surface area (Å²) in [6.07, 6.45) is 0.206. The van der Waals surface area contributed by atoms with Crippen LogP contribution in [0.2, 0.25) is 0 Å². The Kier molecular flexibility index (Phi) is 4.81. The maximum Gasteiger partial charge on any atom is 0.416 e. The van der Waals surface area contributed by atoms with Crippen LogP contribution in [0.25, 0.3) is 0 Å². The van der Waals surface area contributed by atoms with E-state index >= 15 is 0 Å². The number of carbonyl (C=O) groups is 1. The van der Waals surface area contributed by atoms with Gasteiger partial charge in [-0.3, -0.25) is 4.79 Å². The molecule has 1 aliphatic rings. The molecule has 1 fully saturated rings. The number of alkyl halides is 3. The highest BCUT2D eigenvalue weighted by molar-refractivity contribution is 5.82. The maximum atomic E-state index is 12.6. The highest BCUT2D eigenvalue weighted by Gasteiger charge is 2.30. The molecule has 0 amide bonds. The molecule has 110 valence electrons. The van der Waals surface area contributed by atoms with E-state index in [1.54, 1.807) is 6.07 Å². The Morgan fingerprint density at radius 1 is 1.25 bits per heavy atom. The molecule has 0 aliphatic heterocycles. The van der Waals surface area contributed by atoms with Crippen LogP contribution in [-0.2, 0) is 17.4 Å². The Bertz CT molecular complexity index is 464. The van der Waals surface area contributed by atoms with Gasteiger partial charge in [-0.25, -0.2) is 0 Å². The van der Waals surface area contributed by atoms with E-state index in [1.807, 2.05) is 0 Å². The third kappa shape index (κ3) is 4.34. The summed E-state index contributed by atoms with van der Waals surface area (Å²) in [5.74, 6) is -0.0729. The molecule has 1 aliphatic carbocycles. The predicted octanol–water partition coefficient (Wildman–Crippen LogP) is 3.35. The minimum atomic E-state index is -4.36. The first-order valence-corrected chi connectivity index (χ1v) is 6.86. The van der Waals surface area contributed by atoms with Gasteiger partial charge in [-0.15, -0.1) is 0 Å². The molecular weight excluding hydrogens is 267 g/mol. The fourth-order valence-electron chi connectivity index (χ4n) is 2.54. The minimum Gasteiger partial charge on any atom is -0.307 e. The summed E-state index contributed by atoms with van der Waals surface area (Å²) >= 11 is 0. The minimum absolute atomic E-state index is 0.0453. The number of ketones is 1.